The van der Waals surface area contributed by atoms with Gasteiger partial charge in [0.25, 0.3) is 0 Å². The summed E-state index contributed by atoms with van der Waals surface area (Å²) in [5.41, 5.74) is 7.61. The summed E-state index contributed by atoms with van der Waals surface area (Å²) in [6, 6.07) is 8.74. The van der Waals surface area contributed by atoms with Crippen LogP contribution in [0.3, 0.4) is 0 Å². The Bertz CT molecular complexity index is 340. The first-order valence-electron chi connectivity index (χ1n) is 5.45. The zero-order valence-electron chi connectivity index (χ0n) is 9.06. The molecule has 1 aliphatic rings. The molecule has 2 atom stereocenters. The predicted molar refractivity (Wildman–Crippen MR) is 79.4 cm³/mol. The summed E-state index contributed by atoms with van der Waals surface area (Å²) in [5, 5.41) is 0.623. The van der Waals surface area contributed by atoms with Gasteiger partial charge in [0, 0.05) is 33.0 Å². The summed E-state index contributed by atoms with van der Waals surface area (Å²) in [5.74, 6) is 3.74. The highest BCUT2D eigenvalue weighted by molar-refractivity contribution is 9.10. The van der Waals surface area contributed by atoms with E-state index in [4.69, 9.17) is 5.73 Å². The van der Waals surface area contributed by atoms with Crippen molar-refractivity contribution in [3.63, 3.8) is 0 Å². The molecule has 0 aromatic heterocycles. The lowest BCUT2D eigenvalue weighted by atomic mass is 10.0. The van der Waals surface area contributed by atoms with E-state index in [0.717, 1.165) is 10.9 Å². The van der Waals surface area contributed by atoms with Crippen LogP contribution in [0.1, 0.15) is 5.56 Å². The third kappa shape index (κ3) is 3.69. The molecular weight excluding hydrogens is 302 g/mol. The maximum Gasteiger partial charge on any atom is 0.0293 e. The molecule has 0 saturated carbocycles. The first kappa shape index (κ1) is 12.8. The maximum atomic E-state index is 6.28. The quantitative estimate of drug-likeness (QED) is 0.927. The second-order valence-corrected chi connectivity index (χ2v) is 7.39. The molecule has 4 heteroatoms. The van der Waals surface area contributed by atoms with Crippen molar-refractivity contribution in [1.82, 2.24) is 0 Å². The zero-order valence-corrected chi connectivity index (χ0v) is 12.3. The van der Waals surface area contributed by atoms with Gasteiger partial charge in [0.1, 0.15) is 0 Å². The summed E-state index contributed by atoms with van der Waals surface area (Å²) in [6.45, 7) is 0. The van der Waals surface area contributed by atoms with Crippen LogP contribution < -0.4 is 5.73 Å². The van der Waals surface area contributed by atoms with Crippen molar-refractivity contribution < 1.29 is 0 Å². The van der Waals surface area contributed by atoms with E-state index < -0.39 is 0 Å². The van der Waals surface area contributed by atoms with E-state index in [9.17, 15) is 0 Å². The van der Waals surface area contributed by atoms with Gasteiger partial charge in [-0.1, -0.05) is 28.1 Å². The fraction of sp³-hybridized carbons (Fsp3) is 0.500. The molecule has 1 aliphatic heterocycles. The van der Waals surface area contributed by atoms with Crippen LogP contribution in [0.5, 0.6) is 0 Å². The normalized spacial score (nSPS) is 23.0. The Morgan fingerprint density at radius 1 is 1.44 bits per heavy atom. The molecule has 0 aliphatic carbocycles. The Labute approximate surface area is 114 Å². The molecule has 2 rings (SSSR count). The standard InChI is InChI=1S/C12H16BrNS2/c13-10-3-1-2-9(6-10)7-11(14)12-8-15-4-5-16-12/h1-3,6,11-12H,4-5,7-8,14H2. The summed E-state index contributed by atoms with van der Waals surface area (Å²) in [7, 11) is 0. The van der Waals surface area contributed by atoms with Crippen LogP contribution in [-0.2, 0) is 6.42 Å². The third-order valence-corrected chi connectivity index (χ3v) is 6.11. The van der Waals surface area contributed by atoms with Crippen molar-refractivity contribution in [2.75, 3.05) is 17.3 Å². The highest BCUT2D eigenvalue weighted by Crippen LogP contribution is 2.27. The summed E-state index contributed by atoms with van der Waals surface area (Å²) in [6.07, 6.45) is 0.984. The fourth-order valence-corrected chi connectivity index (χ4v) is 5.09. The summed E-state index contributed by atoms with van der Waals surface area (Å²) >= 11 is 7.57. The second kappa shape index (κ2) is 6.34. The van der Waals surface area contributed by atoms with Crippen molar-refractivity contribution in [3.8, 4) is 0 Å². The molecule has 0 spiro atoms. The molecule has 1 heterocycles. The van der Waals surface area contributed by atoms with E-state index in [1.165, 1.54) is 22.8 Å². The van der Waals surface area contributed by atoms with E-state index in [2.05, 4.69) is 40.2 Å². The molecule has 88 valence electrons. The van der Waals surface area contributed by atoms with Crippen LogP contribution in [0.25, 0.3) is 0 Å². The van der Waals surface area contributed by atoms with Gasteiger partial charge >= 0.3 is 0 Å². The van der Waals surface area contributed by atoms with Gasteiger partial charge < -0.3 is 5.73 Å². The molecule has 1 aromatic rings. The van der Waals surface area contributed by atoms with Gasteiger partial charge in [-0.05, 0) is 24.1 Å². The van der Waals surface area contributed by atoms with Crippen LogP contribution >= 0.6 is 39.5 Å². The average molecular weight is 318 g/mol. The van der Waals surface area contributed by atoms with Crippen molar-refractivity contribution in [1.29, 1.82) is 0 Å². The fourth-order valence-electron chi connectivity index (χ4n) is 1.82. The minimum Gasteiger partial charge on any atom is -0.326 e. The van der Waals surface area contributed by atoms with Crippen LogP contribution in [-0.4, -0.2) is 28.6 Å². The molecule has 1 nitrogen and oxygen atoms in total. The number of hydrogen-bond acceptors (Lipinski definition) is 3. The maximum absolute atomic E-state index is 6.28. The SMILES string of the molecule is NC(Cc1cccc(Br)c1)C1CSCCS1. The van der Waals surface area contributed by atoms with E-state index in [0.29, 0.717) is 5.25 Å². The van der Waals surface area contributed by atoms with Crippen molar-refractivity contribution >= 4 is 39.5 Å². The van der Waals surface area contributed by atoms with Gasteiger partial charge in [-0.25, -0.2) is 0 Å². The van der Waals surface area contributed by atoms with Crippen molar-refractivity contribution in [2.45, 2.75) is 17.7 Å². The van der Waals surface area contributed by atoms with E-state index in [1.54, 1.807) is 0 Å². The molecule has 2 unspecified atom stereocenters. The van der Waals surface area contributed by atoms with Gasteiger partial charge in [0.05, 0.1) is 0 Å². The second-order valence-electron chi connectivity index (χ2n) is 3.98. The van der Waals surface area contributed by atoms with E-state index >= 15 is 0 Å². The molecule has 0 amide bonds. The van der Waals surface area contributed by atoms with E-state index in [-0.39, 0.29) is 6.04 Å². The molecule has 1 saturated heterocycles. The van der Waals surface area contributed by atoms with E-state index in [1.807, 2.05) is 23.5 Å². The Balaban J connectivity index is 1.93. The lowest BCUT2D eigenvalue weighted by Crippen LogP contribution is -2.38. The molecule has 1 aromatic carbocycles. The number of hydrogen-bond donors (Lipinski definition) is 1. The topological polar surface area (TPSA) is 26.0 Å². The first-order valence-corrected chi connectivity index (χ1v) is 8.45. The number of nitrogens with two attached hydrogens (primary N) is 1. The molecule has 0 radical (unpaired) electrons. The van der Waals surface area contributed by atoms with Crippen LogP contribution in [0.2, 0.25) is 0 Å². The lowest BCUT2D eigenvalue weighted by molar-refractivity contribution is 0.664. The molecule has 1 fully saturated rings. The Hall–Kier alpha value is 0.360. The first-order chi connectivity index (χ1) is 7.75. The zero-order chi connectivity index (χ0) is 11.4. The molecule has 2 N–H and O–H groups in total. The lowest BCUT2D eigenvalue weighted by Gasteiger charge is -2.26. The summed E-state index contributed by atoms with van der Waals surface area (Å²) in [4.78, 5) is 0. The molecule has 16 heavy (non-hydrogen) atoms. The molecule has 0 bridgehead atoms. The average Bonchev–Trinajstić information content (AvgIpc) is 2.30. The highest BCUT2D eigenvalue weighted by Gasteiger charge is 2.21. The summed E-state index contributed by atoms with van der Waals surface area (Å²) < 4.78 is 1.14. The van der Waals surface area contributed by atoms with Crippen LogP contribution in [0, 0.1) is 0 Å². The number of benzene rings is 1. The molecular formula is C12H16BrNS2. The largest absolute Gasteiger partial charge is 0.326 e. The number of thioether (sulfide) groups is 2. The predicted octanol–water partition coefficient (Wildman–Crippen LogP) is 3.17. The van der Waals surface area contributed by atoms with Crippen LogP contribution in [0.15, 0.2) is 28.7 Å². The van der Waals surface area contributed by atoms with Gasteiger partial charge in [-0.2, -0.15) is 23.5 Å². The number of rotatable bonds is 3. The van der Waals surface area contributed by atoms with Gasteiger partial charge in [-0.15, -0.1) is 0 Å². The minimum absolute atomic E-state index is 0.284. The Kier molecular flexibility index (Phi) is 5.07. The smallest absolute Gasteiger partial charge is 0.0293 e. The van der Waals surface area contributed by atoms with Crippen molar-refractivity contribution in [3.05, 3.63) is 34.3 Å². The monoisotopic (exact) mass is 317 g/mol. The van der Waals surface area contributed by atoms with Gasteiger partial charge in [0.2, 0.25) is 0 Å². The third-order valence-electron chi connectivity index (χ3n) is 2.68. The van der Waals surface area contributed by atoms with Crippen LogP contribution in [0.4, 0.5) is 0 Å². The number of halogens is 1. The Morgan fingerprint density at radius 2 is 2.31 bits per heavy atom. The van der Waals surface area contributed by atoms with Gasteiger partial charge in [0.15, 0.2) is 0 Å². The van der Waals surface area contributed by atoms with Crippen molar-refractivity contribution in [2.24, 2.45) is 5.73 Å². The van der Waals surface area contributed by atoms with Gasteiger partial charge in [-0.3, -0.25) is 0 Å². The highest BCUT2D eigenvalue weighted by atomic mass is 79.9. The minimum atomic E-state index is 0.284. The Morgan fingerprint density at radius 3 is 3.00 bits per heavy atom.